The van der Waals surface area contributed by atoms with Crippen LogP contribution in [0.4, 0.5) is 0 Å². The summed E-state index contributed by atoms with van der Waals surface area (Å²) < 4.78 is 0. The molecular formula is C14H21N. The van der Waals surface area contributed by atoms with Crippen LogP contribution in [-0.2, 0) is 6.42 Å². The average Bonchev–Trinajstić information content (AvgIpc) is 2.18. The first-order valence-electron chi connectivity index (χ1n) is 6.02. The number of hydrogen-bond donors (Lipinski definition) is 1. The molecule has 82 valence electrons. The van der Waals surface area contributed by atoms with Gasteiger partial charge in [-0.15, -0.1) is 0 Å². The van der Waals surface area contributed by atoms with E-state index in [4.69, 9.17) is 0 Å². The van der Waals surface area contributed by atoms with E-state index < -0.39 is 0 Å². The Labute approximate surface area is 92.9 Å². The molecule has 1 atom stereocenters. The van der Waals surface area contributed by atoms with Crippen LogP contribution in [-0.4, -0.2) is 6.04 Å². The molecule has 0 amide bonds. The molecule has 0 fully saturated rings. The summed E-state index contributed by atoms with van der Waals surface area (Å²) in [5.74, 6) is 0. The maximum absolute atomic E-state index is 3.67. The zero-order valence-electron chi connectivity index (χ0n) is 10.0. The van der Waals surface area contributed by atoms with Crippen LogP contribution in [0.25, 0.3) is 0 Å². The fraction of sp³-hybridized carbons (Fsp3) is 0.571. The second-order valence-corrected chi connectivity index (χ2v) is 4.97. The Morgan fingerprint density at radius 3 is 2.87 bits per heavy atom. The van der Waals surface area contributed by atoms with Crippen molar-refractivity contribution < 1.29 is 0 Å². The number of hydrogen-bond acceptors (Lipinski definition) is 1. The largest absolute Gasteiger partial charge is 0.308 e. The van der Waals surface area contributed by atoms with Gasteiger partial charge in [0.25, 0.3) is 0 Å². The van der Waals surface area contributed by atoms with E-state index in [0.29, 0.717) is 12.1 Å². The maximum atomic E-state index is 3.67. The van der Waals surface area contributed by atoms with Gasteiger partial charge in [-0.05, 0) is 37.3 Å². The monoisotopic (exact) mass is 203 g/mol. The van der Waals surface area contributed by atoms with Crippen LogP contribution in [0.5, 0.6) is 0 Å². The standard InChI is InChI=1S/C14H21N/c1-10(2)15-14-6-4-5-12-8-7-11(3)9-13(12)14/h7-10,14-15H,4-6H2,1-3H3. The van der Waals surface area contributed by atoms with Crippen molar-refractivity contribution in [3.05, 3.63) is 34.9 Å². The van der Waals surface area contributed by atoms with Crippen LogP contribution in [0.2, 0.25) is 0 Å². The van der Waals surface area contributed by atoms with Gasteiger partial charge in [-0.2, -0.15) is 0 Å². The van der Waals surface area contributed by atoms with Crippen LogP contribution in [0.1, 0.15) is 49.4 Å². The number of rotatable bonds is 2. The van der Waals surface area contributed by atoms with Crippen molar-refractivity contribution in [1.82, 2.24) is 5.32 Å². The van der Waals surface area contributed by atoms with E-state index in [-0.39, 0.29) is 0 Å². The minimum Gasteiger partial charge on any atom is -0.308 e. The highest BCUT2D eigenvalue weighted by Crippen LogP contribution is 2.30. The fourth-order valence-electron chi connectivity index (χ4n) is 2.49. The topological polar surface area (TPSA) is 12.0 Å². The lowest BCUT2D eigenvalue weighted by Crippen LogP contribution is -2.30. The molecule has 1 aromatic carbocycles. The molecule has 0 spiro atoms. The predicted octanol–water partition coefficient (Wildman–Crippen LogP) is 3.37. The molecule has 0 bridgehead atoms. The van der Waals surface area contributed by atoms with E-state index in [0.717, 1.165) is 0 Å². The van der Waals surface area contributed by atoms with Crippen LogP contribution in [0.3, 0.4) is 0 Å². The fourth-order valence-corrected chi connectivity index (χ4v) is 2.49. The summed E-state index contributed by atoms with van der Waals surface area (Å²) in [6.45, 7) is 6.63. The minimum absolute atomic E-state index is 0.571. The Morgan fingerprint density at radius 2 is 2.13 bits per heavy atom. The molecule has 0 aromatic heterocycles. The van der Waals surface area contributed by atoms with Crippen molar-refractivity contribution in [2.24, 2.45) is 0 Å². The van der Waals surface area contributed by atoms with E-state index in [1.54, 1.807) is 5.56 Å². The van der Waals surface area contributed by atoms with E-state index in [2.05, 4.69) is 44.3 Å². The highest BCUT2D eigenvalue weighted by Gasteiger charge is 2.20. The highest BCUT2D eigenvalue weighted by atomic mass is 14.9. The van der Waals surface area contributed by atoms with Crippen molar-refractivity contribution >= 4 is 0 Å². The van der Waals surface area contributed by atoms with Gasteiger partial charge in [0.15, 0.2) is 0 Å². The van der Waals surface area contributed by atoms with Crippen LogP contribution in [0, 0.1) is 6.92 Å². The number of aryl methyl sites for hydroxylation is 2. The summed E-state index contributed by atoms with van der Waals surface area (Å²) >= 11 is 0. The molecule has 15 heavy (non-hydrogen) atoms. The second kappa shape index (κ2) is 4.36. The molecule has 0 heterocycles. The highest BCUT2D eigenvalue weighted by molar-refractivity contribution is 5.35. The maximum Gasteiger partial charge on any atom is 0.0325 e. The van der Waals surface area contributed by atoms with Gasteiger partial charge in [0.2, 0.25) is 0 Å². The lowest BCUT2D eigenvalue weighted by Gasteiger charge is -2.28. The summed E-state index contributed by atoms with van der Waals surface area (Å²) in [4.78, 5) is 0. The molecule has 0 radical (unpaired) electrons. The SMILES string of the molecule is Cc1ccc2c(c1)C(NC(C)C)CCC2. The first-order valence-corrected chi connectivity index (χ1v) is 6.02. The van der Waals surface area contributed by atoms with Crippen molar-refractivity contribution in [3.63, 3.8) is 0 Å². The van der Waals surface area contributed by atoms with E-state index >= 15 is 0 Å². The molecule has 1 nitrogen and oxygen atoms in total. The molecule has 1 heteroatoms. The van der Waals surface area contributed by atoms with Gasteiger partial charge in [0.05, 0.1) is 0 Å². The first kappa shape index (κ1) is 10.7. The van der Waals surface area contributed by atoms with Crippen molar-refractivity contribution in [2.75, 3.05) is 0 Å². The smallest absolute Gasteiger partial charge is 0.0325 e. The van der Waals surface area contributed by atoms with Crippen molar-refractivity contribution in [1.29, 1.82) is 0 Å². The average molecular weight is 203 g/mol. The summed E-state index contributed by atoms with van der Waals surface area (Å²) in [6, 6.07) is 8.04. The van der Waals surface area contributed by atoms with E-state index in [1.807, 2.05) is 0 Å². The van der Waals surface area contributed by atoms with Crippen molar-refractivity contribution in [2.45, 2.75) is 52.1 Å². The Hall–Kier alpha value is -0.820. The van der Waals surface area contributed by atoms with Crippen LogP contribution < -0.4 is 5.32 Å². The number of nitrogens with one attached hydrogen (secondary N) is 1. The Morgan fingerprint density at radius 1 is 1.33 bits per heavy atom. The third-order valence-corrected chi connectivity index (χ3v) is 3.15. The van der Waals surface area contributed by atoms with Crippen LogP contribution in [0.15, 0.2) is 18.2 Å². The molecule has 2 rings (SSSR count). The Balaban J connectivity index is 2.28. The molecule has 0 aliphatic heterocycles. The molecular weight excluding hydrogens is 182 g/mol. The van der Waals surface area contributed by atoms with Gasteiger partial charge >= 0.3 is 0 Å². The van der Waals surface area contributed by atoms with Crippen LogP contribution >= 0.6 is 0 Å². The Bertz CT molecular complexity index is 341. The Kier molecular flexibility index (Phi) is 3.11. The lowest BCUT2D eigenvalue weighted by atomic mass is 9.86. The molecule has 1 aliphatic rings. The summed E-state index contributed by atoms with van der Waals surface area (Å²) in [5.41, 5.74) is 4.46. The zero-order chi connectivity index (χ0) is 10.8. The summed E-state index contributed by atoms with van der Waals surface area (Å²) in [6.07, 6.45) is 3.86. The van der Waals surface area contributed by atoms with Gasteiger partial charge in [-0.25, -0.2) is 0 Å². The third kappa shape index (κ3) is 2.40. The predicted molar refractivity (Wildman–Crippen MR) is 65.1 cm³/mol. The lowest BCUT2D eigenvalue weighted by molar-refractivity contribution is 0.423. The molecule has 1 aliphatic carbocycles. The van der Waals surface area contributed by atoms with Gasteiger partial charge < -0.3 is 5.32 Å². The van der Waals surface area contributed by atoms with Gasteiger partial charge in [-0.3, -0.25) is 0 Å². The molecule has 0 saturated heterocycles. The molecule has 1 N–H and O–H groups in total. The number of benzene rings is 1. The second-order valence-electron chi connectivity index (χ2n) is 4.97. The van der Waals surface area contributed by atoms with Gasteiger partial charge in [0.1, 0.15) is 0 Å². The van der Waals surface area contributed by atoms with E-state index in [9.17, 15) is 0 Å². The van der Waals surface area contributed by atoms with Gasteiger partial charge in [0, 0.05) is 12.1 Å². The normalized spacial score (nSPS) is 20.4. The quantitative estimate of drug-likeness (QED) is 0.777. The zero-order valence-corrected chi connectivity index (χ0v) is 10.0. The van der Waals surface area contributed by atoms with Crippen molar-refractivity contribution in [3.8, 4) is 0 Å². The van der Waals surface area contributed by atoms with E-state index in [1.165, 1.54) is 30.4 Å². The molecule has 1 unspecified atom stereocenters. The van der Waals surface area contributed by atoms with Gasteiger partial charge in [-0.1, -0.05) is 37.6 Å². The first-order chi connectivity index (χ1) is 7.16. The summed E-state index contributed by atoms with van der Waals surface area (Å²) in [7, 11) is 0. The molecule has 0 saturated carbocycles. The third-order valence-electron chi connectivity index (χ3n) is 3.15. The molecule has 1 aromatic rings. The summed E-state index contributed by atoms with van der Waals surface area (Å²) in [5, 5.41) is 3.67. The minimum atomic E-state index is 0.571. The number of fused-ring (bicyclic) bond motifs is 1.